The third-order valence-electron chi connectivity index (χ3n) is 6.23. The molecule has 3 heterocycles. The molecule has 9 nitrogen and oxygen atoms in total. The van der Waals surface area contributed by atoms with Gasteiger partial charge in [0, 0.05) is 38.2 Å². The van der Waals surface area contributed by atoms with Crippen LogP contribution in [0.25, 0.3) is 0 Å². The van der Waals surface area contributed by atoms with Gasteiger partial charge in [-0.25, -0.2) is 14.2 Å². The smallest absolute Gasteiger partial charge is 0.355 e. The number of fused-ring (bicyclic) bond motifs is 1. The van der Waals surface area contributed by atoms with Gasteiger partial charge in [-0.05, 0) is 43.4 Å². The molecular formula is C20H23N3O6. The lowest BCUT2D eigenvalue weighted by molar-refractivity contribution is -0.728. The van der Waals surface area contributed by atoms with Crippen molar-refractivity contribution in [2.45, 2.75) is 38.1 Å². The summed E-state index contributed by atoms with van der Waals surface area (Å²) in [5.74, 6) is -2.82. The van der Waals surface area contributed by atoms with Crippen molar-refractivity contribution in [2.75, 3.05) is 24.6 Å². The van der Waals surface area contributed by atoms with Gasteiger partial charge in [0.25, 0.3) is 5.91 Å². The predicted molar refractivity (Wildman–Crippen MR) is 102 cm³/mol. The van der Waals surface area contributed by atoms with Crippen molar-refractivity contribution in [1.82, 2.24) is 5.32 Å². The molecule has 29 heavy (non-hydrogen) atoms. The van der Waals surface area contributed by atoms with E-state index in [0.29, 0.717) is 5.92 Å². The molecule has 0 aliphatic carbocycles. The average molecular weight is 401 g/mol. The molecule has 9 heteroatoms. The number of aliphatic hydroxyl groups is 1. The van der Waals surface area contributed by atoms with E-state index in [9.17, 15) is 24.4 Å². The van der Waals surface area contributed by atoms with Crippen molar-refractivity contribution in [3.63, 3.8) is 0 Å². The number of benzene rings is 1. The number of carbonyl (C=O) groups is 4. The lowest BCUT2D eigenvalue weighted by Gasteiger charge is -2.39. The van der Waals surface area contributed by atoms with Crippen LogP contribution in [-0.2, 0) is 9.59 Å². The van der Waals surface area contributed by atoms with E-state index in [1.54, 1.807) is 12.1 Å². The second-order valence-electron chi connectivity index (χ2n) is 7.91. The third-order valence-corrected chi connectivity index (χ3v) is 6.23. The molecule has 154 valence electrons. The Bertz CT molecular complexity index is 892. The zero-order valence-electron chi connectivity index (χ0n) is 15.9. The van der Waals surface area contributed by atoms with Gasteiger partial charge in [0.15, 0.2) is 6.04 Å². The first-order valence-corrected chi connectivity index (χ1v) is 9.89. The molecule has 0 saturated carbocycles. The van der Waals surface area contributed by atoms with Crippen LogP contribution in [0.1, 0.15) is 52.8 Å². The number of hydrogen-bond acceptors (Lipinski definition) is 7. The number of carbonyl (C=O) groups excluding carboxylic acids is 4. The van der Waals surface area contributed by atoms with Gasteiger partial charge in [0.2, 0.25) is 5.91 Å². The Kier molecular flexibility index (Phi) is 4.97. The SMILES string of the molecule is O=C1CCC([N+]2([O-])C(=O)c3ccc(N4CCC(CCO)CC4)cc3C2=O)C(=O)N1. The van der Waals surface area contributed by atoms with Crippen LogP contribution in [0.2, 0.25) is 0 Å². The molecule has 0 radical (unpaired) electrons. The Balaban J connectivity index is 1.58. The summed E-state index contributed by atoms with van der Waals surface area (Å²) in [5, 5.41) is 24.5. The molecule has 0 bridgehead atoms. The topological polar surface area (TPSA) is 127 Å². The molecule has 1 aromatic carbocycles. The Hall–Kier alpha value is -2.62. The van der Waals surface area contributed by atoms with E-state index in [-0.39, 0.29) is 30.6 Å². The monoisotopic (exact) mass is 401 g/mol. The molecule has 4 rings (SSSR count). The molecular weight excluding hydrogens is 378 g/mol. The van der Waals surface area contributed by atoms with Crippen molar-refractivity contribution in [3.8, 4) is 0 Å². The number of hydroxylamine groups is 3. The summed E-state index contributed by atoms with van der Waals surface area (Å²) < 4.78 is -1.89. The Morgan fingerprint density at radius 3 is 2.41 bits per heavy atom. The minimum absolute atomic E-state index is 0.0219. The highest BCUT2D eigenvalue weighted by atomic mass is 16.6. The number of hydrogen-bond donors (Lipinski definition) is 2. The van der Waals surface area contributed by atoms with E-state index < -0.39 is 34.3 Å². The van der Waals surface area contributed by atoms with E-state index in [1.807, 2.05) is 0 Å². The normalized spacial score (nSPS) is 27.9. The first kappa shape index (κ1) is 19.7. The number of quaternary nitrogens is 1. The number of imide groups is 2. The maximum Gasteiger partial charge on any atom is 0.355 e. The van der Waals surface area contributed by atoms with Crippen LogP contribution >= 0.6 is 0 Å². The highest BCUT2D eigenvalue weighted by Gasteiger charge is 2.56. The number of amides is 4. The molecule has 2 fully saturated rings. The second-order valence-corrected chi connectivity index (χ2v) is 7.91. The molecule has 1 aromatic rings. The van der Waals surface area contributed by atoms with Gasteiger partial charge < -0.3 is 15.2 Å². The highest BCUT2D eigenvalue weighted by Crippen LogP contribution is 2.37. The fourth-order valence-electron chi connectivity index (χ4n) is 4.52. The maximum absolute atomic E-state index is 13.3. The Morgan fingerprint density at radius 2 is 1.76 bits per heavy atom. The molecule has 0 aromatic heterocycles. The van der Waals surface area contributed by atoms with Gasteiger partial charge >= 0.3 is 11.8 Å². The molecule has 3 aliphatic rings. The van der Waals surface area contributed by atoms with Crippen molar-refractivity contribution in [3.05, 3.63) is 34.5 Å². The summed E-state index contributed by atoms with van der Waals surface area (Å²) in [6, 6.07) is 3.31. The zero-order valence-corrected chi connectivity index (χ0v) is 15.9. The minimum atomic E-state index is -1.89. The molecule has 4 amide bonds. The molecule has 0 spiro atoms. The number of rotatable bonds is 4. The summed E-state index contributed by atoms with van der Waals surface area (Å²) in [6.07, 6.45) is 2.40. The predicted octanol–water partition coefficient (Wildman–Crippen LogP) is 0.699. The minimum Gasteiger partial charge on any atom is -0.616 e. The van der Waals surface area contributed by atoms with Crippen LogP contribution in [0.5, 0.6) is 0 Å². The lowest BCUT2D eigenvalue weighted by Crippen LogP contribution is -2.63. The summed E-state index contributed by atoms with van der Waals surface area (Å²) >= 11 is 0. The quantitative estimate of drug-likeness (QED) is 0.432. The van der Waals surface area contributed by atoms with Crippen molar-refractivity contribution >= 4 is 29.3 Å². The van der Waals surface area contributed by atoms with Gasteiger partial charge in [-0.3, -0.25) is 14.9 Å². The first-order valence-electron chi connectivity index (χ1n) is 9.89. The van der Waals surface area contributed by atoms with Crippen LogP contribution < -0.4 is 10.2 Å². The fourth-order valence-corrected chi connectivity index (χ4v) is 4.52. The van der Waals surface area contributed by atoms with E-state index >= 15 is 0 Å². The van der Waals surface area contributed by atoms with Crippen LogP contribution in [0.15, 0.2) is 18.2 Å². The van der Waals surface area contributed by atoms with Crippen molar-refractivity contribution in [2.24, 2.45) is 5.92 Å². The van der Waals surface area contributed by atoms with Gasteiger partial charge in [0.05, 0.1) is 11.1 Å². The van der Waals surface area contributed by atoms with E-state index in [1.165, 1.54) is 6.07 Å². The Morgan fingerprint density at radius 1 is 1.07 bits per heavy atom. The van der Waals surface area contributed by atoms with Gasteiger partial charge in [0.1, 0.15) is 0 Å². The molecule has 3 aliphatic heterocycles. The van der Waals surface area contributed by atoms with Crippen LogP contribution in [0, 0.1) is 11.1 Å². The number of piperidine rings is 2. The van der Waals surface area contributed by atoms with Crippen LogP contribution in [0.3, 0.4) is 0 Å². The highest BCUT2D eigenvalue weighted by molar-refractivity contribution is 6.16. The van der Waals surface area contributed by atoms with Crippen molar-refractivity contribution < 1.29 is 28.9 Å². The van der Waals surface area contributed by atoms with Gasteiger partial charge in [-0.2, -0.15) is 0 Å². The molecule has 2 N–H and O–H groups in total. The van der Waals surface area contributed by atoms with E-state index in [2.05, 4.69) is 10.2 Å². The fraction of sp³-hybridized carbons (Fsp3) is 0.500. The van der Waals surface area contributed by atoms with Crippen molar-refractivity contribution in [1.29, 1.82) is 0 Å². The number of anilines is 1. The maximum atomic E-state index is 13.3. The number of aliphatic hydroxyl groups excluding tert-OH is 1. The number of nitrogens with zero attached hydrogens (tertiary/aromatic N) is 2. The average Bonchev–Trinajstić information content (AvgIpc) is 2.90. The second kappa shape index (κ2) is 7.33. The first-order chi connectivity index (χ1) is 13.9. The summed E-state index contributed by atoms with van der Waals surface area (Å²) in [5.41, 5.74) is 0.808. The number of nitrogens with one attached hydrogen (secondary N) is 1. The summed E-state index contributed by atoms with van der Waals surface area (Å²) in [7, 11) is 0. The zero-order chi connectivity index (χ0) is 20.8. The standard InChI is InChI=1S/C20H23N3O6/c24-10-7-12-5-8-22(9-6-12)13-1-2-14-15(11-13)20(28)23(29,19(14)27)16-3-4-17(25)21-18(16)26/h1-2,11-12,16,24H,3-10H2,(H,21,25,26). The van der Waals surface area contributed by atoms with Crippen LogP contribution in [0.4, 0.5) is 5.69 Å². The van der Waals surface area contributed by atoms with Gasteiger partial charge in [-0.1, -0.05) is 0 Å². The summed E-state index contributed by atoms with van der Waals surface area (Å²) in [6.45, 7) is 1.69. The Labute approximate surface area is 167 Å². The molecule has 2 saturated heterocycles. The van der Waals surface area contributed by atoms with Crippen LogP contribution in [-0.4, -0.2) is 59.1 Å². The van der Waals surface area contributed by atoms with Gasteiger partial charge in [-0.15, -0.1) is 0 Å². The lowest BCUT2D eigenvalue weighted by atomic mass is 9.93. The van der Waals surface area contributed by atoms with E-state index in [0.717, 1.165) is 38.0 Å². The third kappa shape index (κ3) is 3.15. The summed E-state index contributed by atoms with van der Waals surface area (Å²) in [4.78, 5) is 51.4. The largest absolute Gasteiger partial charge is 0.616 e. The van der Waals surface area contributed by atoms with E-state index in [4.69, 9.17) is 5.11 Å². The molecule has 2 atom stereocenters. The molecule has 2 unspecified atom stereocenters.